The lowest BCUT2D eigenvalue weighted by Gasteiger charge is -2.36. The van der Waals surface area contributed by atoms with Crippen LogP contribution in [0.2, 0.25) is 0 Å². The average Bonchev–Trinajstić information content (AvgIpc) is 3.21. The first-order valence-electron chi connectivity index (χ1n) is 7.39. The van der Waals surface area contributed by atoms with E-state index >= 15 is 0 Å². The lowest BCUT2D eigenvalue weighted by molar-refractivity contribution is -0.122. The number of nitrogens with one attached hydrogen (secondary N) is 2. The van der Waals surface area contributed by atoms with Crippen LogP contribution in [0.5, 0.6) is 0 Å². The summed E-state index contributed by atoms with van der Waals surface area (Å²) in [6.45, 7) is 1.66. The van der Waals surface area contributed by atoms with Gasteiger partial charge in [-0.05, 0) is 37.2 Å². The Morgan fingerprint density at radius 1 is 1.11 bits per heavy atom. The Bertz CT molecular complexity index is 422. The van der Waals surface area contributed by atoms with E-state index in [0.717, 1.165) is 31.8 Å². The lowest BCUT2D eigenvalue weighted by atomic mass is 9.76. The Balaban J connectivity index is 1.28. The lowest BCUT2D eigenvalue weighted by Crippen LogP contribution is -2.43. The van der Waals surface area contributed by atoms with Crippen LogP contribution in [0.4, 0.5) is 0 Å². The SMILES string of the molecule is O=C(NCCNC1CC(c2ccccc2)C1)C1CC1. The molecule has 0 unspecified atom stereocenters. The van der Waals surface area contributed by atoms with E-state index in [-0.39, 0.29) is 5.91 Å². The van der Waals surface area contributed by atoms with E-state index in [1.165, 1.54) is 18.4 Å². The zero-order valence-electron chi connectivity index (χ0n) is 11.3. The highest BCUT2D eigenvalue weighted by Crippen LogP contribution is 2.36. The molecule has 3 heteroatoms. The van der Waals surface area contributed by atoms with Crippen LogP contribution in [0.1, 0.15) is 37.2 Å². The van der Waals surface area contributed by atoms with E-state index in [0.29, 0.717) is 12.0 Å². The molecule has 0 aromatic heterocycles. The van der Waals surface area contributed by atoms with Crippen LogP contribution < -0.4 is 10.6 Å². The van der Waals surface area contributed by atoms with Gasteiger partial charge in [0.2, 0.25) is 5.91 Å². The van der Waals surface area contributed by atoms with Crippen molar-refractivity contribution in [1.29, 1.82) is 0 Å². The van der Waals surface area contributed by atoms with Crippen molar-refractivity contribution in [3.05, 3.63) is 35.9 Å². The van der Waals surface area contributed by atoms with E-state index in [1.807, 2.05) is 0 Å². The Kier molecular flexibility index (Phi) is 3.83. The molecular weight excluding hydrogens is 236 g/mol. The molecule has 2 N–H and O–H groups in total. The van der Waals surface area contributed by atoms with Gasteiger partial charge in [0.1, 0.15) is 0 Å². The maximum absolute atomic E-state index is 11.4. The van der Waals surface area contributed by atoms with Gasteiger partial charge in [-0.15, -0.1) is 0 Å². The summed E-state index contributed by atoms with van der Waals surface area (Å²) in [6.07, 6.45) is 4.61. The van der Waals surface area contributed by atoms with E-state index in [1.54, 1.807) is 0 Å². The Morgan fingerprint density at radius 2 is 1.84 bits per heavy atom. The van der Waals surface area contributed by atoms with Crippen molar-refractivity contribution in [2.45, 2.75) is 37.6 Å². The standard InChI is InChI=1S/C16H22N2O/c19-16(13-6-7-13)18-9-8-17-15-10-14(11-15)12-4-2-1-3-5-12/h1-5,13-15,17H,6-11H2,(H,18,19). The minimum Gasteiger partial charge on any atom is -0.355 e. The molecular formula is C16H22N2O. The number of amides is 1. The van der Waals surface area contributed by atoms with Crippen LogP contribution >= 0.6 is 0 Å². The monoisotopic (exact) mass is 258 g/mol. The molecule has 2 fully saturated rings. The fourth-order valence-electron chi connectivity index (χ4n) is 2.73. The van der Waals surface area contributed by atoms with E-state index < -0.39 is 0 Å². The van der Waals surface area contributed by atoms with Crippen molar-refractivity contribution >= 4 is 5.91 Å². The normalized spacial score (nSPS) is 25.7. The van der Waals surface area contributed by atoms with Gasteiger partial charge >= 0.3 is 0 Å². The summed E-state index contributed by atoms with van der Waals surface area (Å²) in [5, 5.41) is 6.51. The summed E-state index contributed by atoms with van der Waals surface area (Å²) in [6, 6.07) is 11.4. The number of carbonyl (C=O) groups excluding carboxylic acids is 1. The first kappa shape index (κ1) is 12.7. The van der Waals surface area contributed by atoms with Gasteiger partial charge in [-0.3, -0.25) is 4.79 Å². The summed E-state index contributed by atoms with van der Waals surface area (Å²) in [5.74, 6) is 1.29. The fourth-order valence-corrected chi connectivity index (χ4v) is 2.73. The highest BCUT2D eigenvalue weighted by molar-refractivity contribution is 5.80. The zero-order chi connectivity index (χ0) is 13.1. The van der Waals surface area contributed by atoms with E-state index in [4.69, 9.17) is 0 Å². The molecule has 2 aliphatic carbocycles. The molecule has 19 heavy (non-hydrogen) atoms. The molecule has 0 spiro atoms. The molecule has 1 amide bonds. The smallest absolute Gasteiger partial charge is 0.223 e. The molecule has 0 bridgehead atoms. The van der Waals surface area contributed by atoms with Gasteiger partial charge in [0.05, 0.1) is 0 Å². The van der Waals surface area contributed by atoms with Crippen molar-refractivity contribution in [2.24, 2.45) is 5.92 Å². The van der Waals surface area contributed by atoms with Crippen LogP contribution in [-0.4, -0.2) is 25.0 Å². The summed E-state index contributed by atoms with van der Waals surface area (Å²) in [7, 11) is 0. The van der Waals surface area contributed by atoms with Gasteiger partial charge in [0, 0.05) is 25.0 Å². The van der Waals surface area contributed by atoms with Crippen molar-refractivity contribution in [2.75, 3.05) is 13.1 Å². The first-order valence-corrected chi connectivity index (χ1v) is 7.39. The van der Waals surface area contributed by atoms with Crippen LogP contribution in [0, 0.1) is 5.92 Å². The second kappa shape index (κ2) is 5.74. The largest absolute Gasteiger partial charge is 0.355 e. The predicted molar refractivity (Wildman–Crippen MR) is 75.9 cm³/mol. The molecule has 102 valence electrons. The molecule has 0 atom stereocenters. The molecule has 2 saturated carbocycles. The number of benzene rings is 1. The maximum atomic E-state index is 11.4. The third-order valence-corrected chi connectivity index (χ3v) is 4.21. The van der Waals surface area contributed by atoms with Crippen LogP contribution in [0.15, 0.2) is 30.3 Å². The minimum absolute atomic E-state index is 0.248. The molecule has 3 rings (SSSR count). The van der Waals surface area contributed by atoms with Crippen molar-refractivity contribution in [1.82, 2.24) is 10.6 Å². The Morgan fingerprint density at radius 3 is 2.53 bits per heavy atom. The summed E-state index contributed by atoms with van der Waals surface area (Å²) < 4.78 is 0. The summed E-state index contributed by atoms with van der Waals surface area (Å²) >= 11 is 0. The molecule has 0 radical (unpaired) electrons. The summed E-state index contributed by atoms with van der Waals surface area (Å²) in [5.41, 5.74) is 1.46. The Labute approximate surface area is 114 Å². The second-order valence-electron chi connectivity index (χ2n) is 5.80. The highest BCUT2D eigenvalue weighted by atomic mass is 16.2. The van der Waals surface area contributed by atoms with E-state index in [2.05, 4.69) is 41.0 Å². The van der Waals surface area contributed by atoms with Gasteiger partial charge in [-0.1, -0.05) is 30.3 Å². The minimum atomic E-state index is 0.248. The molecule has 1 aromatic rings. The van der Waals surface area contributed by atoms with Crippen molar-refractivity contribution < 1.29 is 4.79 Å². The molecule has 0 saturated heterocycles. The van der Waals surface area contributed by atoms with Crippen LogP contribution in [0.25, 0.3) is 0 Å². The van der Waals surface area contributed by atoms with Gasteiger partial charge in [-0.2, -0.15) is 0 Å². The number of hydrogen-bond donors (Lipinski definition) is 2. The quantitative estimate of drug-likeness (QED) is 0.767. The molecule has 1 aromatic carbocycles. The average molecular weight is 258 g/mol. The molecule has 0 aliphatic heterocycles. The molecule has 3 nitrogen and oxygen atoms in total. The third-order valence-electron chi connectivity index (χ3n) is 4.21. The number of hydrogen-bond acceptors (Lipinski definition) is 2. The highest BCUT2D eigenvalue weighted by Gasteiger charge is 2.30. The van der Waals surface area contributed by atoms with E-state index in [9.17, 15) is 4.79 Å². The van der Waals surface area contributed by atoms with Crippen LogP contribution in [0.3, 0.4) is 0 Å². The fraction of sp³-hybridized carbons (Fsp3) is 0.562. The van der Waals surface area contributed by atoms with Gasteiger partial charge in [-0.25, -0.2) is 0 Å². The molecule has 2 aliphatic rings. The number of rotatable bonds is 6. The Hall–Kier alpha value is -1.35. The third kappa shape index (κ3) is 3.35. The maximum Gasteiger partial charge on any atom is 0.223 e. The number of carbonyl (C=O) groups is 1. The van der Waals surface area contributed by atoms with Crippen LogP contribution in [-0.2, 0) is 4.79 Å². The topological polar surface area (TPSA) is 41.1 Å². The van der Waals surface area contributed by atoms with Gasteiger partial charge in [0.25, 0.3) is 0 Å². The van der Waals surface area contributed by atoms with Gasteiger partial charge in [0.15, 0.2) is 0 Å². The zero-order valence-corrected chi connectivity index (χ0v) is 11.3. The van der Waals surface area contributed by atoms with Crippen molar-refractivity contribution in [3.63, 3.8) is 0 Å². The van der Waals surface area contributed by atoms with Crippen molar-refractivity contribution in [3.8, 4) is 0 Å². The van der Waals surface area contributed by atoms with Gasteiger partial charge < -0.3 is 10.6 Å². The second-order valence-corrected chi connectivity index (χ2v) is 5.80. The molecule has 0 heterocycles. The predicted octanol–water partition coefficient (Wildman–Crippen LogP) is 2.05. The summed E-state index contributed by atoms with van der Waals surface area (Å²) in [4.78, 5) is 11.4. The first-order chi connectivity index (χ1) is 9.33.